The molecule has 2 aliphatic heterocycles. The predicted molar refractivity (Wildman–Crippen MR) is 159 cm³/mol. The number of carbonyl (C=O) groups is 1. The average Bonchev–Trinajstić information content (AvgIpc) is 3.59. The molecule has 0 atom stereocenters. The number of aryl methyl sites for hydroxylation is 2. The van der Waals surface area contributed by atoms with Gasteiger partial charge in [-0.3, -0.25) is 9.69 Å². The van der Waals surface area contributed by atoms with Crippen LogP contribution in [0.2, 0.25) is 0 Å². The van der Waals surface area contributed by atoms with Crippen molar-refractivity contribution in [2.75, 3.05) is 62.7 Å². The minimum Gasteiger partial charge on any atom is -0.389 e. The van der Waals surface area contributed by atoms with Gasteiger partial charge in [0, 0.05) is 63.6 Å². The molecular weight excluding hydrogens is 576 g/mol. The fourth-order valence-corrected chi connectivity index (χ4v) is 6.33. The lowest BCUT2D eigenvalue weighted by Gasteiger charge is -2.39. The summed E-state index contributed by atoms with van der Waals surface area (Å²) >= 11 is 1.16. The standard InChI is InChI=1S/C29H31F2N9O2S/c1-4-22-27(36(3)29-34-26(23(13-32)43-29)18-5-6-20(30)21(31)12-18)28-33-24(11-17(2)40(28)35-22)38-9-7-37(8-10-38)16-25(42)39-14-19(41)15-39/h5-6,11-12,19,41H,4,7-10,14-16H2,1-3H3. The minimum atomic E-state index is -1.00. The number of rotatable bonds is 7. The van der Waals surface area contributed by atoms with Crippen LogP contribution in [0.5, 0.6) is 0 Å². The molecule has 2 fully saturated rings. The summed E-state index contributed by atoms with van der Waals surface area (Å²) in [6.07, 6.45) is 0.224. The maximum Gasteiger partial charge on any atom is 0.236 e. The highest BCUT2D eigenvalue weighted by Gasteiger charge is 2.31. The number of aliphatic hydroxyl groups is 1. The van der Waals surface area contributed by atoms with E-state index in [2.05, 4.69) is 20.9 Å². The molecule has 0 spiro atoms. The molecule has 0 saturated carbocycles. The third-order valence-electron chi connectivity index (χ3n) is 7.94. The van der Waals surface area contributed by atoms with Crippen molar-refractivity contribution in [3.05, 3.63) is 52.2 Å². The maximum absolute atomic E-state index is 14.0. The second kappa shape index (κ2) is 11.5. The van der Waals surface area contributed by atoms with E-state index in [4.69, 9.17) is 10.1 Å². The summed E-state index contributed by atoms with van der Waals surface area (Å²) in [7, 11) is 1.84. The van der Waals surface area contributed by atoms with Crippen molar-refractivity contribution in [1.82, 2.24) is 29.4 Å². The summed E-state index contributed by atoms with van der Waals surface area (Å²) in [5.41, 5.74) is 3.71. The molecule has 43 heavy (non-hydrogen) atoms. The summed E-state index contributed by atoms with van der Waals surface area (Å²) in [6.45, 7) is 7.97. The molecule has 224 valence electrons. The molecule has 4 aromatic rings. The number of fused-ring (bicyclic) bond motifs is 1. The van der Waals surface area contributed by atoms with E-state index < -0.39 is 17.7 Å². The SMILES string of the molecule is CCc1nn2c(C)cc(N3CCN(CC(=O)N4CC(O)C4)CC3)nc2c1N(C)c1nc(-c2ccc(F)c(F)c2)c(C#N)s1. The number of halogens is 2. The van der Waals surface area contributed by atoms with Crippen molar-refractivity contribution in [2.24, 2.45) is 0 Å². The Morgan fingerprint density at radius 1 is 1.16 bits per heavy atom. The zero-order chi connectivity index (χ0) is 30.4. The Balaban J connectivity index is 1.27. The van der Waals surface area contributed by atoms with Crippen molar-refractivity contribution in [3.63, 3.8) is 0 Å². The van der Waals surface area contributed by atoms with Crippen LogP contribution < -0.4 is 9.80 Å². The molecule has 1 amide bonds. The van der Waals surface area contributed by atoms with Gasteiger partial charge in [-0.05, 0) is 31.5 Å². The number of amides is 1. The number of aromatic nitrogens is 4. The second-order valence-corrected chi connectivity index (χ2v) is 11.8. The van der Waals surface area contributed by atoms with Gasteiger partial charge in [0.25, 0.3) is 0 Å². The number of anilines is 3. The van der Waals surface area contributed by atoms with Gasteiger partial charge in [0.05, 0.1) is 18.3 Å². The van der Waals surface area contributed by atoms with Gasteiger partial charge >= 0.3 is 0 Å². The number of aliphatic hydroxyl groups excluding tert-OH is 1. The first kappa shape index (κ1) is 28.9. The van der Waals surface area contributed by atoms with E-state index >= 15 is 0 Å². The van der Waals surface area contributed by atoms with Gasteiger partial charge in [-0.2, -0.15) is 10.4 Å². The number of piperazine rings is 1. The summed E-state index contributed by atoms with van der Waals surface area (Å²) in [5.74, 6) is -1.12. The molecule has 0 bridgehead atoms. The molecule has 14 heteroatoms. The smallest absolute Gasteiger partial charge is 0.236 e. The molecule has 6 rings (SSSR count). The van der Waals surface area contributed by atoms with E-state index in [1.54, 1.807) is 9.42 Å². The number of β-amino-alcohol motifs (C(OH)–C–C–N with tert-alkyl or cyclic N) is 1. The first-order chi connectivity index (χ1) is 20.7. The monoisotopic (exact) mass is 607 g/mol. The zero-order valence-electron chi connectivity index (χ0n) is 24.1. The molecule has 0 aliphatic carbocycles. The first-order valence-corrected chi connectivity index (χ1v) is 14.9. The molecular formula is C29H31F2N9O2S. The number of hydrogen-bond acceptors (Lipinski definition) is 10. The Labute approximate surface area is 251 Å². The molecule has 1 N–H and O–H groups in total. The van der Waals surface area contributed by atoms with Gasteiger partial charge in [-0.1, -0.05) is 18.3 Å². The number of carbonyl (C=O) groups excluding carboxylic acids is 1. The zero-order valence-corrected chi connectivity index (χ0v) is 24.9. The lowest BCUT2D eigenvalue weighted by Crippen LogP contribution is -2.57. The molecule has 2 saturated heterocycles. The summed E-state index contributed by atoms with van der Waals surface area (Å²) in [4.78, 5) is 30.3. The number of nitriles is 1. The molecule has 3 aromatic heterocycles. The second-order valence-electron chi connectivity index (χ2n) is 10.8. The van der Waals surface area contributed by atoms with Gasteiger partial charge < -0.3 is 19.8 Å². The summed E-state index contributed by atoms with van der Waals surface area (Å²) in [6, 6.07) is 7.62. The van der Waals surface area contributed by atoms with E-state index in [9.17, 15) is 23.9 Å². The van der Waals surface area contributed by atoms with E-state index in [1.165, 1.54) is 6.07 Å². The van der Waals surface area contributed by atoms with Crippen LogP contribution in [0, 0.1) is 29.9 Å². The Hall–Kier alpha value is -4.19. The van der Waals surface area contributed by atoms with E-state index in [0.29, 0.717) is 68.6 Å². The van der Waals surface area contributed by atoms with Gasteiger partial charge in [-0.15, -0.1) is 0 Å². The number of thiazole rings is 1. The van der Waals surface area contributed by atoms with Gasteiger partial charge in [0.1, 0.15) is 28.1 Å². The third-order valence-corrected chi connectivity index (χ3v) is 8.97. The summed E-state index contributed by atoms with van der Waals surface area (Å²) < 4.78 is 29.4. The van der Waals surface area contributed by atoms with Crippen molar-refractivity contribution in [1.29, 1.82) is 5.26 Å². The normalized spacial score (nSPS) is 16.0. The molecule has 0 radical (unpaired) electrons. The maximum atomic E-state index is 14.0. The molecule has 2 aliphatic rings. The van der Waals surface area contributed by atoms with Crippen LogP contribution in [0.4, 0.5) is 25.4 Å². The minimum absolute atomic E-state index is 0.0441. The molecule has 0 unspecified atom stereocenters. The highest BCUT2D eigenvalue weighted by Crippen LogP contribution is 2.38. The number of nitrogens with zero attached hydrogens (tertiary/aromatic N) is 9. The highest BCUT2D eigenvalue weighted by molar-refractivity contribution is 7.16. The third kappa shape index (κ3) is 5.39. The number of hydrogen-bond donors (Lipinski definition) is 1. The topological polar surface area (TPSA) is 117 Å². The Kier molecular flexibility index (Phi) is 7.72. The van der Waals surface area contributed by atoms with Crippen LogP contribution in [-0.2, 0) is 11.2 Å². The number of likely N-dealkylation sites (tertiary alicyclic amines) is 1. The molecule has 5 heterocycles. The van der Waals surface area contributed by atoms with Crippen LogP contribution in [0.1, 0.15) is 23.2 Å². The first-order valence-electron chi connectivity index (χ1n) is 14.1. The quantitative estimate of drug-likeness (QED) is 0.339. The van der Waals surface area contributed by atoms with Crippen LogP contribution in [0.3, 0.4) is 0 Å². The lowest BCUT2D eigenvalue weighted by molar-refractivity contribution is -0.142. The lowest BCUT2D eigenvalue weighted by atomic mass is 10.1. The molecule has 11 nitrogen and oxygen atoms in total. The fourth-order valence-electron chi connectivity index (χ4n) is 5.47. The van der Waals surface area contributed by atoms with Gasteiger partial charge in [-0.25, -0.2) is 23.3 Å². The molecule has 1 aromatic carbocycles. The fraction of sp³-hybridized carbons (Fsp3) is 0.414. The van der Waals surface area contributed by atoms with Gasteiger partial charge in [0.2, 0.25) is 5.91 Å². The Bertz CT molecular complexity index is 1740. The van der Waals surface area contributed by atoms with E-state index in [1.807, 2.05) is 31.9 Å². The Morgan fingerprint density at radius 3 is 2.56 bits per heavy atom. The van der Waals surface area contributed by atoms with Crippen molar-refractivity contribution in [3.8, 4) is 17.3 Å². The van der Waals surface area contributed by atoms with E-state index in [-0.39, 0.29) is 16.5 Å². The predicted octanol–water partition coefficient (Wildman–Crippen LogP) is 2.97. The van der Waals surface area contributed by atoms with Crippen LogP contribution in [0.25, 0.3) is 16.9 Å². The average molecular weight is 608 g/mol. The van der Waals surface area contributed by atoms with Crippen LogP contribution in [0.15, 0.2) is 24.3 Å². The van der Waals surface area contributed by atoms with Crippen molar-refractivity contribution < 1.29 is 18.7 Å². The highest BCUT2D eigenvalue weighted by atomic mass is 32.1. The van der Waals surface area contributed by atoms with Crippen LogP contribution in [-0.4, -0.2) is 99.4 Å². The van der Waals surface area contributed by atoms with Crippen molar-refractivity contribution >= 4 is 39.5 Å². The Morgan fingerprint density at radius 2 is 1.91 bits per heavy atom. The largest absolute Gasteiger partial charge is 0.389 e. The van der Waals surface area contributed by atoms with Crippen LogP contribution >= 0.6 is 11.3 Å². The number of benzene rings is 1. The van der Waals surface area contributed by atoms with E-state index in [0.717, 1.165) is 46.4 Å². The van der Waals surface area contributed by atoms with Crippen molar-refractivity contribution in [2.45, 2.75) is 26.4 Å². The van der Waals surface area contributed by atoms with Gasteiger partial charge in [0.15, 0.2) is 22.4 Å². The summed E-state index contributed by atoms with van der Waals surface area (Å²) in [5, 5.41) is 24.6.